The number of furan rings is 1. The second-order valence-corrected chi connectivity index (χ2v) is 6.70. The van der Waals surface area contributed by atoms with E-state index in [9.17, 15) is 4.79 Å². The first-order valence-electron chi connectivity index (χ1n) is 9.06. The summed E-state index contributed by atoms with van der Waals surface area (Å²) in [5.74, 6) is 1.66. The normalized spacial score (nSPS) is 17.5. The van der Waals surface area contributed by atoms with Crippen LogP contribution in [0, 0.1) is 0 Å². The molecule has 7 heteroatoms. The summed E-state index contributed by atoms with van der Waals surface area (Å²) in [7, 11) is 0. The van der Waals surface area contributed by atoms with Crippen molar-refractivity contribution >= 4 is 16.9 Å². The summed E-state index contributed by atoms with van der Waals surface area (Å²) in [5, 5.41) is 3.96. The van der Waals surface area contributed by atoms with E-state index in [0.29, 0.717) is 18.1 Å². The molecule has 4 aromatic rings. The van der Waals surface area contributed by atoms with Gasteiger partial charge in [0.25, 0.3) is 5.91 Å². The monoisotopic (exact) mass is 362 g/mol. The molecule has 0 radical (unpaired) electrons. The third-order valence-corrected chi connectivity index (χ3v) is 4.98. The van der Waals surface area contributed by atoms with Crippen LogP contribution >= 0.6 is 0 Å². The zero-order valence-corrected chi connectivity index (χ0v) is 14.6. The number of H-pyrrole nitrogens is 1. The lowest BCUT2D eigenvalue weighted by Crippen LogP contribution is -2.39. The van der Waals surface area contributed by atoms with Gasteiger partial charge in [-0.2, -0.15) is 0 Å². The van der Waals surface area contributed by atoms with Crippen molar-refractivity contribution in [1.82, 2.24) is 20.0 Å². The van der Waals surface area contributed by atoms with Crippen LogP contribution in [0.1, 0.15) is 41.6 Å². The molecule has 0 bridgehead atoms. The van der Waals surface area contributed by atoms with Crippen molar-refractivity contribution in [2.75, 3.05) is 6.54 Å². The Balaban J connectivity index is 1.45. The van der Waals surface area contributed by atoms with Gasteiger partial charge in [0.2, 0.25) is 5.76 Å². The minimum atomic E-state index is -0.151. The van der Waals surface area contributed by atoms with Gasteiger partial charge in [0.1, 0.15) is 5.82 Å². The van der Waals surface area contributed by atoms with Gasteiger partial charge in [-0.1, -0.05) is 17.3 Å². The maximum Gasteiger partial charge on any atom is 0.276 e. The predicted octanol–water partition coefficient (Wildman–Crippen LogP) is 4.18. The predicted molar refractivity (Wildman–Crippen MR) is 97.9 cm³/mol. The van der Waals surface area contributed by atoms with Gasteiger partial charge < -0.3 is 18.8 Å². The molecule has 0 aliphatic carbocycles. The standard InChI is InChI=1S/C20H18N4O3/c25-20(15-12-18(27-23-15)17-9-5-11-26-17)24-10-4-3-8-16(24)19-21-13-6-1-2-7-14(13)22-19/h1-2,5-7,9,11-12,16H,3-4,8,10H2,(H,21,22)/t16-/m1/s1. The number of hydrogen-bond acceptors (Lipinski definition) is 5. The molecule has 136 valence electrons. The average Bonchev–Trinajstić information content (AvgIpc) is 3.47. The van der Waals surface area contributed by atoms with E-state index < -0.39 is 0 Å². The largest absolute Gasteiger partial charge is 0.461 e. The number of rotatable bonds is 3. The van der Waals surface area contributed by atoms with Crippen molar-refractivity contribution < 1.29 is 13.7 Å². The molecule has 27 heavy (non-hydrogen) atoms. The number of aromatic nitrogens is 3. The highest BCUT2D eigenvalue weighted by molar-refractivity contribution is 5.93. The Morgan fingerprint density at radius 3 is 2.93 bits per heavy atom. The number of imidazole rings is 1. The molecule has 1 atom stereocenters. The number of carbonyl (C=O) groups excluding carboxylic acids is 1. The van der Waals surface area contributed by atoms with Crippen molar-refractivity contribution in [2.45, 2.75) is 25.3 Å². The molecule has 1 aliphatic rings. The number of benzene rings is 1. The first-order chi connectivity index (χ1) is 13.3. The molecule has 0 spiro atoms. The molecule has 1 aliphatic heterocycles. The Bertz CT molecular complexity index is 1050. The quantitative estimate of drug-likeness (QED) is 0.591. The number of hydrogen-bond donors (Lipinski definition) is 1. The minimum Gasteiger partial charge on any atom is -0.461 e. The van der Waals surface area contributed by atoms with Crippen molar-refractivity contribution in [3.8, 4) is 11.5 Å². The van der Waals surface area contributed by atoms with Crippen LogP contribution in [0.3, 0.4) is 0 Å². The molecular weight excluding hydrogens is 344 g/mol. The molecule has 1 saturated heterocycles. The van der Waals surface area contributed by atoms with Gasteiger partial charge in [-0.05, 0) is 43.5 Å². The fraction of sp³-hybridized carbons (Fsp3) is 0.250. The summed E-state index contributed by atoms with van der Waals surface area (Å²) in [6, 6.07) is 13.0. The van der Waals surface area contributed by atoms with Crippen molar-refractivity contribution in [3.63, 3.8) is 0 Å². The lowest BCUT2D eigenvalue weighted by Gasteiger charge is -2.33. The Kier molecular flexibility index (Phi) is 3.78. The van der Waals surface area contributed by atoms with Gasteiger partial charge in [-0.3, -0.25) is 4.79 Å². The highest BCUT2D eigenvalue weighted by atomic mass is 16.5. The summed E-state index contributed by atoms with van der Waals surface area (Å²) >= 11 is 0. The number of nitrogens with one attached hydrogen (secondary N) is 1. The molecule has 1 aromatic carbocycles. The third kappa shape index (κ3) is 2.81. The first kappa shape index (κ1) is 15.9. The van der Waals surface area contributed by atoms with Crippen LogP contribution in [0.2, 0.25) is 0 Å². The minimum absolute atomic E-state index is 0.0950. The Morgan fingerprint density at radius 2 is 2.07 bits per heavy atom. The fourth-order valence-corrected chi connectivity index (χ4v) is 3.65. The third-order valence-electron chi connectivity index (χ3n) is 4.98. The smallest absolute Gasteiger partial charge is 0.276 e. The lowest BCUT2D eigenvalue weighted by atomic mass is 10.0. The van der Waals surface area contributed by atoms with Gasteiger partial charge in [-0.15, -0.1) is 0 Å². The van der Waals surface area contributed by atoms with E-state index in [1.54, 1.807) is 24.5 Å². The van der Waals surface area contributed by atoms with Crippen LogP contribution in [0.4, 0.5) is 0 Å². The van der Waals surface area contributed by atoms with Crippen LogP contribution < -0.4 is 0 Å². The second kappa shape index (κ2) is 6.42. The molecule has 0 unspecified atom stereocenters. The molecule has 7 nitrogen and oxygen atoms in total. The summed E-state index contributed by atoms with van der Waals surface area (Å²) in [4.78, 5) is 23.0. The number of nitrogens with zero attached hydrogens (tertiary/aromatic N) is 3. The number of para-hydroxylation sites is 2. The summed E-state index contributed by atoms with van der Waals surface area (Å²) in [6.07, 6.45) is 4.45. The van der Waals surface area contributed by atoms with Crippen molar-refractivity contribution in [3.05, 3.63) is 60.2 Å². The molecule has 3 aromatic heterocycles. The van der Waals surface area contributed by atoms with Gasteiger partial charge in [0.15, 0.2) is 11.5 Å². The molecule has 5 rings (SSSR count). The van der Waals surface area contributed by atoms with Crippen LogP contribution in [-0.4, -0.2) is 32.5 Å². The second-order valence-electron chi connectivity index (χ2n) is 6.70. The number of piperidine rings is 1. The van der Waals surface area contributed by atoms with Crippen LogP contribution in [-0.2, 0) is 0 Å². The molecule has 1 fully saturated rings. The highest BCUT2D eigenvalue weighted by Crippen LogP contribution is 2.32. The van der Waals surface area contributed by atoms with E-state index in [4.69, 9.17) is 13.9 Å². The maximum atomic E-state index is 13.1. The lowest BCUT2D eigenvalue weighted by molar-refractivity contribution is 0.0591. The van der Waals surface area contributed by atoms with Gasteiger partial charge in [0, 0.05) is 12.6 Å². The Morgan fingerprint density at radius 1 is 1.15 bits per heavy atom. The highest BCUT2D eigenvalue weighted by Gasteiger charge is 2.32. The van der Waals surface area contributed by atoms with Crippen molar-refractivity contribution in [1.29, 1.82) is 0 Å². The van der Waals surface area contributed by atoms with E-state index in [0.717, 1.165) is 36.1 Å². The number of aromatic amines is 1. The Hall–Kier alpha value is -3.35. The summed E-state index contributed by atoms with van der Waals surface area (Å²) in [5.41, 5.74) is 2.17. The number of amides is 1. The number of carbonyl (C=O) groups is 1. The Labute approximate surface area is 155 Å². The topological polar surface area (TPSA) is 88.2 Å². The van der Waals surface area contributed by atoms with Gasteiger partial charge >= 0.3 is 0 Å². The zero-order valence-electron chi connectivity index (χ0n) is 14.6. The number of fused-ring (bicyclic) bond motifs is 1. The summed E-state index contributed by atoms with van der Waals surface area (Å²) in [6.45, 7) is 0.670. The van der Waals surface area contributed by atoms with E-state index in [1.807, 2.05) is 29.2 Å². The van der Waals surface area contributed by atoms with E-state index in [1.165, 1.54) is 0 Å². The number of likely N-dealkylation sites (tertiary alicyclic amines) is 1. The fourth-order valence-electron chi connectivity index (χ4n) is 3.65. The molecule has 4 heterocycles. The summed E-state index contributed by atoms with van der Waals surface area (Å²) < 4.78 is 10.6. The zero-order chi connectivity index (χ0) is 18.2. The van der Waals surface area contributed by atoms with E-state index >= 15 is 0 Å². The van der Waals surface area contributed by atoms with Crippen LogP contribution in [0.15, 0.2) is 57.7 Å². The SMILES string of the molecule is O=C(c1cc(-c2ccco2)on1)N1CCCC[C@@H]1c1nc2ccccc2[nH]1. The average molecular weight is 362 g/mol. The van der Waals surface area contributed by atoms with Crippen molar-refractivity contribution in [2.24, 2.45) is 0 Å². The first-order valence-corrected chi connectivity index (χ1v) is 9.06. The van der Waals surface area contributed by atoms with Gasteiger partial charge in [0.05, 0.1) is 23.3 Å². The van der Waals surface area contributed by atoms with Crippen LogP contribution in [0.25, 0.3) is 22.6 Å². The molecule has 0 saturated carbocycles. The molecule has 1 amide bonds. The maximum absolute atomic E-state index is 13.1. The molecular formula is C20H18N4O3. The van der Waals surface area contributed by atoms with E-state index in [-0.39, 0.29) is 17.6 Å². The molecule has 1 N–H and O–H groups in total. The van der Waals surface area contributed by atoms with Crippen LogP contribution in [0.5, 0.6) is 0 Å². The van der Waals surface area contributed by atoms with Gasteiger partial charge in [-0.25, -0.2) is 4.98 Å². The van der Waals surface area contributed by atoms with E-state index in [2.05, 4.69) is 10.1 Å².